The molecule has 0 aliphatic carbocycles. The van der Waals surface area contributed by atoms with Crippen molar-refractivity contribution in [2.45, 2.75) is 0 Å². The molecule has 0 saturated carbocycles. The smallest absolute Gasteiger partial charge is 0.124 e. The zero-order chi connectivity index (χ0) is 41.7. The average molecular weight is 839 g/mol. The van der Waals surface area contributed by atoms with Gasteiger partial charge in [0.1, 0.15) is 5.01 Å². The van der Waals surface area contributed by atoms with Crippen LogP contribution >= 0.6 is 22.7 Å². The van der Waals surface area contributed by atoms with Gasteiger partial charge in [-0.25, -0.2) is 4.98 Å². The average Bonchev–Trinajstić information content (AvgIpc) is 3.94. The van der Waals surface area contributed by atoms with Crippen LogP contribution in [0.3, 0.4) is 0 Å². The van der Waals surface area contributed by atoms with Gasteiger partial charge >= 0.3 is 0 Å². The van der Waals surface area contributed by atoms with Crippen LogP contribution in [0.5, 0.6) is 0 Å². The first-order valence-corrected chi connectivity index (χ1v) is 22.9. The number of nitrogens with zero attached hydrogens (tertiary/aromatic N) is 2. The van der Waals surface area contributed by atoms with Gasteiger partial charge in [0.15, 0.2) is 0 Å². The van der Waals surface area contributed by atoms with Crippen molar-refractivity contribution in [3.05, 3.63) is 231 Å². The van der Waals surface area contributed by atoms with Gasteiger partial charge in [-0.3, -0.25) is 0 Å². The molecule has 4 heteroatoms. The fraction of sp³-hybridized carbons (Fsp3) is 0. The summed E-state index contributed by atoms with van der Waals surface area (Å²) >= 11 is 3.62. The minimum atomic E-state index is 1.06. The Morgan fingerprint density at radius 2 is 0.921 bits per heavy atom. The van der Waals surface area contributed by atoms with Gasteiger partial charge in [-0.05, 0) is 110 Å². The molecule has 0 atom stereocenters. The Hall–Kier alpha value is -7.63. The summed E-state index contributed by atoms with van der Waals surface area (Å²) in [4.78, 5) is 7.45. The van der Waals surface area contributed by atoms with Crippen molar-refractivity contribution >= 4 is 80.9 Å². The van der Waals surface area contributed by atoms with E-state index in [1.165, 1.54) is 80.2 Å². The normalized spacial score (nSPS) is 11.5. The number of thiazole rings is 1. The van der Waals surface area contributed by atoms with Gasteiger partial charge in [0, 0.05) is 42.8 Å². The number of hydrogen-bond donors (Lipinski definition) is 0. The van der Waals surface area contributed by atoms with Crippen LogP contribution in [-0.2, 0) is 0 Å². The minimum Gasteiger partial charge on any atom is -0.310 e. The minimum absolute atomic E-state index is 1.06. The molecule has 0 N–H and O–H groups in total. The molecule has 0 fully saturated rings. The molecule has 0 unspecified atom stereocenters. The molecule has 63 heavy (non-hydrogen) atoms. The number of thiophene rings is 1. The monoisotopic (exact) mass is 838 g/mol. The van der Waals surface area contributed by atoms with E-state index >= 15 is 0 Å². The van der Waals surface area contributed by atoms with Gasteiger partial charge in [0.2, 0.25) is 0 Å². The van der Waals surface area contributed by atoms with E-state index in [2.05, 4.69) is 235 Å². The number of benzene rings is 10. The summed E-state index contributed by atoms with van der Waals surface area (Å²) in [6, 6.07) is 83.7. The molecular weight excluding hydrogens is 801 g/mol. The highest BCUT2D eigenvalue weighted by atomic mass is 32.1. The molecule has 0 spiro atoms. The van der Waals surface area contributed by atoms with Crippen molar-refractivity contribution < 1.29 is 0 Å². The molecule has 0 aliphatic heterocycles. The van der Waals surface area contributed by atoms with Crippen LogP contribution < -0.4 is 4.90 Å². The first kappa shape index (κ1) is 37.2. The zero-order valence-corrected chi connectivity index (χ0v) is 35.8. The van der Waals surface area contributed by atoms with E-state index in [9.17, 15) is 0 Å². The van der Waals surface area contributed by atoms with E-state index < -0.39 is 0 Å². The Bertz CT molecular complexity index is 3600. The molecule has 0 bridgehead atoms. The molecule has 10 aromatic carbocycles. The third kappa shape index (κ3) is 6.87. The lowest BCUT2D eigenvalue weighted by Crippen LogP contribution is -2.10. The maximum atomic E-state index is 5.05. The molecule has 0 aliphatic rings. The summed E-state index contributed by atoms with van der Waals surface area (Å²) in [5.74, 6) is 0. The lowest BCUT2D eigenvalue weighted by atomic mass is 9.93. The Labute approximate surface area is 374 Å². The summed E-state index contributed by atoms with van der Waals surface area (Å²) in [5.41, 5.74) is 15.0. The molecule has 296 valence electrons. The predicted octanol–water partition coefficient (Wildman–Crippen LogP) is 17.6. The lowest BCUT2D eigenvalue weighted by molar-refractivity contribution is 1.28. The Morgan fingerprint density at radius 3 is 1.73 bits per heavy atom. The van der Waals surface area contributed by atoms with Crippen molar-refractivity contribution in [1.29, 1.82) is 0 Å². The summed E-state index contributed by atoms with van der Waals surface area (Å²) in [6.45, 7) is 0. The maximum absolute atomic E-state index is 5.05. The summed E-state index contributed by atoms with van der Waals surface area (Å²) in [5, 5.41) is 6.13. The largest absolute Gasteiger partial charge is 0.310 e. The highest BCUT2D eigenvalue weighted by Gasteiger charge is 2.19. The van der Waals surface area contributed by atoms with Gasteiger partial charge in [-0.15, -0.1) is 22.7 Å². The fourth-order valence-corrected chi connectivity index (χ4v) is 11.2. The van der Waals surface area contributed by atoms with E-state index in [0.717, 1.165) is 33.1 Å². The molecule has 2 nitrogen and oxygen atoms in total. The first-order chi connectivity index (χ1) is 31.2. The van der Waals surface area contributed by atoms with E-state index in [4.69, 9.17) is 4.98 Å². The third-order valence-electron chi connectivity index (χ3n) is 12.1. The number of anilines is 3. The second-order valence-corrected chi connectivity index (χ2v) is 18.0. The molecule has 12 rings (SSSR count). The molecule has 12 aromatic rings. The zero-order valence-electron chi connectivity index (χ0n) is 34.2. The highest BCUT2D eigenvalue weighted by molar-refractivity contribution is 7.26. The van der Waals surface area contributed by atoms with Crippen LogP contribution in [0.1, 0.15) is 0 Å². The second-order valence-electron chi connectivity index (χ2n) is 15.9. The number of fused-ring (bicyclic) bond motifs is 5. The Balaban J connectivity index is 0.981. The summed E-state index contributed by atoms with van der Waals surface area (Å²) < 4.78 is 3.75. The van der Waals surface area contributed by atoms with E-state index in [1.807, 2.05) is 11.3 Å². The SMILES string of the molecule is c1ccc(-c2cccc(N(c3ccc(-c4cccc5ccccc45)cc3)c3ccc(-c4ccc5c(c4)sc4cc6nc(-c7ccccc7)sc6cc45)c(-c4ccccc4)c3)c2)cc1. The number of rotatable bonds is 8. The fourth-order valence-electron chi connectivity index (χ4n) is 9.02. The van der Waals surface area contributed by atoms with Gasteiger partial charge in [0.25, 0.3) is 0 Å². The predicted molar refractivity (Wildman–Crippen MR) is 272 cm³/mol. The van der Waals surface area contributed by atoms with E-state index in [-0.39, 0.29) is 0 Å². The van der Waals surface area contributed by atoms with Crippen molar-refractivity contribution in [3.63, 3.8) is 0 Å². The summed E-state index contributed by atoms with van der Waals surface area (Å²) in [7, 11) is 0. The van der Waals surface area contributed by atoms with Gasteiger partial charge in [-0.1, -0.05) is 176 Å². The highest BCUT2D eigenvalue weighted by Crippen LogP contribution is 2.45. The molecule has 2 aromatic heterocycles. The standard InChI is InChI=1S/C59H38N2S2/c1-4-14-39(15-5-1)44-22-12-23-47(34-44)61(46-29-26-42(27-30-46)50-25-13-21-40-18-10-11-24-49(40)50)48-31-33-51(53(36-48)41-16-6-2-7-17-41)45-28-32-52-54-37-58-55(38-57(54)62-56(52)35-45)60-59(63-58)43-19-8-3-9-20-43/h1-38H. The van der Waals surface area contributed by atoms with Gasteiger partial charge < -0.3 is 4.90 Å². The maximum Gasteiger partial charge on any atom is 0.124 e. The molecule has 0 radical (unpaired) electrons. The van der Waals surface area contributed by atoms with Crippen LogP contribution in [0.4, 0.5) is 17.1 Å². The number of hydrogen-bond acceptors (Lipinski definition) is 4. The van der Waals surface area contributed by atoms with E-state index in [0.29, 0.717) is 0 Å². The lowest BCUT2D eigenvalue weighted by Gasteiger charge is -2.27. The van der Waals surface area contributed by atoms with Crippen molar-refractivity contribution in [1.82, 2.24) is 4.98 Å². The second kappa shape index (κ2) is 15.7. The molecular formula is C59H38N2S2. The van der Waals surface area contributed by atoms with Crippen LogP contribution in [0.25, 0.3) is 96.2 Å². The van der Waals surface area contributed by atoms with E-state index in [1.54, 1.807) is 11.3 Å². The van der Waals surface area contributed by atoms with Crippen molar-refractivity contribution in [2.24, 2.45) is 0 Å². The van der Waals surface area contributed by atoms with Crippen molar-refractivity contribution in [3.8, 4) is 55.1 Å². The van der Waals surface area contributed by atoms with Crippen molar-refractivity contribution in [2.75, 3.05) is 4.90 Å². The molecule has 0 amide bonds. The first-order valence-electron chi connectivity index (χ1n) is 21.3. The van der Waals surface area contributed by atoms with Crippen LogP contribution in [-0.4, -0.2) is 4.98 Å². The third-order valence-corrected chi connectivity index (χ3v) is 14.3. The number of aromatic nitrogens is 1. The molecule has 2 heterocycles. The Kier molecular flexibility index (Phi) is 9.25. The van der Waals surface area contributed by atoms with Crippen LogP contribution in [0.15, 0.2) is 231 Å². The molecule has 0 saturated heterocycles. The van der Waals surface area contributed by atoms with Gasteiger partial charge in [-0.2, -0.15) is 0 Å². The van der Waals surface area contributed by atoms with Crippen LogP contribution in [0, 0.1) is 0 Å². The van der Waals surface area contributed by atoms with Crippen LogP contribution in [0.2, 0.25) is 0 Å². The Morgan fingerprint density at radius 1 is 0.302 bits per heavy atom. The topological polar surface area (TPSA) is 16.1 Å². The summed E-state index contributed by atoms with van der Waals surface area (Å²) in [6.07, 6.45) is 0. The van der Waals surface area contributed by atoms with Gasteiger partial charge in [0.05, 0.1) is 10.2 Å². The quantitative estimate of drug-likeness (QED) is 0.152.